The molecule has 2 aliphatic heterocycles. The minimum atomic E-state index is 0.456. The first-order valence-electron chi connectivity index (χ1n) is 9.91. The Morgan fingerprint density at radius 1 is 1.19 bits per heavy atom. The Labute approximate surface area is 171 Å². The van der Waals surface area contributed by atoms with E-state index in [0.717, 1.165) is 49.1 Å². The molecular weight excluding hydrogens is 379 g/mol. The molecule has 0 aliphatic carbocycles. The Bertz CT molecular complexity index is 854. The van der Waals surface area contributed by atoms with Crippen molar-refractivity contribution < 1.29 is 0 Å². The zero-order chi connectivity index (χ0) is 19.1. The number of benzene rings is 1. The van der Waals surface area contributed by atoms with Gasteiger partial charge >= 0.3 is 0 Å². The van der Waals surface area contributed by atoms with Crippen LogP contribution in [0.2, 0.25) is 10.0 Å². The quantitative estimate of drug-likeness (QED) is 0.600. The van der Waals surface area contributed by atoms with Crippen molar-refractivity contribution in [2.75, 3.05) is 22.9 Å². The summed E-state index contributed by atoms with van der Waals surface area (Å²) in [4.78, 5) is 14.5. The molecule has 2 aromatic rings. The molecule has 0 fully saturated rings. The number of aryl methyl sites for hydroxylation is 1. The number of aromatic nitrogens is 2. The molecule has 4 rings (SSSR count). The molecule has 1 aromatic carbocycles. The van der Waals surface area contributed by atoms with Crippen molar-refractivity contribution >= 4 is 40.5 Å². The van der Waals surface area contributed by atoms with Gasteiger partial charge in [-0.3, -0.25) is 0 Å². The van der Waals surface area contributed by atoms with Crippen LogP contribution in [0, 0.1) is 6.92 Å². The highest BCUT2D eigenvalue weighted by Gasteiger charge is 2.40. The van der Waals surface area contributed by atoms with E-state index in [1.807, 2.05) is 19.1 Å². The van der Waals surface area contributed by atoms with Crippen LogP contribution in [0.1, 0.15) is 56.8 Å². The maximum absolute atomic E-state index is 6.53. The zero-order valence-electron chi connectivity index (χ0n) is 16.2. The van der Waals surface area contributed by atoms with Gasteiger partial charge in [-0.15, -0.1) is 0 Å². The normalized spacial score (nSPS) is 19.4. The van der Waals surface area contributed by atoms with E-state index < -0.39 is 0 Å². The molecule has 0 amide bonds. The van der Waals surface area contributed by atoms with Crippen LogP contribution in [-0.2, 0) is 0 Å². The lowest BCUT2D eigenvalue weighted by Crippen LogP contribution is -2.40. The maximum Gasteiger partial charge on any atom is 0.142 e. The molecule has 0 radical (unpaired) electrons. The monoisotopic (exact) mass is 404 g/mol. The molecule has 3 heterocycles. The van der Waals surface area contributed by atoms with Crippen molar-refractivity contribution in [2.24, 2.45) is 0 Å². The fourth-order valence-corrected chi connectivity index (χ4v) is 5.07. The molecule has 6 heteroatoms. The molecule has 0 spiro atoms. The van der Waals surface area contributed by atoms with E-state index in [-0.39, 0.29) is 0 Å². The first-order chi connectivity index (χ1) is 13.0. The Kier molecular flexibility index (Phi) is 5.21. The van der Waals surface area contributed by atoms with Gasteiger partial charge in [0.1, 0.15) is 17.5 Å². The van der Waals surface area contributed by atoms with Gasteiger partial charge in [0, 0.05) is 35.6 Å². The van der Waals surface area contributed by atoms with E-state index in [9.17, 15) is 0 Å². The van der Waals surface area contributed by atoms with Gasteiger partial charge in [0.15, 0.2) is 0 Å². The van der Waals surface area contributed by atoms with E-state index in [2.05, 4.69) is 23.6 Å². The molecule has 1 aromatic heterocycles. The van der Waals surface area contributed by atoms with Crippen molar-refractivity contribution in [3.05, 3.63) is 39.6 Å². The first-order valence-corrected chi connectivity index (χ1v) is 10.7. The van der Waals surface area contributed by atoms with Crippen molar-refractivity contribution in [3.8, 4) is 0 Å². The fourth-order valence-electron chi connectivity index (χ4n) is 4.56. The van der Waals surface area contributed by atoms with Gasteiger partial charge < -0.3 is 9.80 Å². The van der Waals surface area contributed by atoms with Crippen molar-refractivity contribution in [1.82, 2.24) is 9.97 Å². The predicted octanol–water partition coefficient (Wildman–Crippen LogP) is 6.12. The lowest BCUT2D eigenvalue weighted by Gasteiger charge is -2.38. The molecule has 0 bridgehead atoms. The molecule has 0 saturated carbocycles. The van der Waals surface area contributed by atoms with E-state index in [1.165, 1.54) is 18.4 Å². The topological polar surface area (TPSA) is 32.3 Å². The van der Waals surface area contributed by atoms with Gasteiger partial charge in [0.2, 0.25) is 0 Å². The predicted molar refractivity (Wildman–Crippen MR) is 114 cm³/mol. The van der Waals surface area contributed by atoms with Crippen LogP contribution in [0.25, 0.3) is 0 Å². The van der Waals surface area contributed by atoms with Crippen LogP contribution in [0.15, 0.2) is 18.2 Å². The standard InChI is InChI=1S/C21H26Cl2N4/c1-4-6-16(5-2)26-10-9-14-12-27(18-8-7-15(22)11-17(18)23)21-19(14)20(26)24-13(3)25-21/h7-8,11,14,16H,4-6,9-10,12H2,1-3H3. The maximum atomic E-state index is 6.53. The summed E-state index contributed by atoms with van der Waals surface area (Å²) in [7, 11) is 0. The second kappa shape index (κ2) is 7.48. The third-order valence-corrected chi connectivity index (χ3v) is 6.35. The van der Waals surface area contributed by atoms with Crippen LogP contribution in [0.3, 0.4) is 0 Å². The minimum Gasteiger partial charge on any atom is -0.353 e. The number of hydrogen-bond acceptors (Lipinski definition) is 4. The second-order valence-electron chi connectivity index (χ2n) is 7.57. The van der Waals surface area contributed by atoms with Crippen molar-refractivity contribution in [3.63, 3.8) is 0 Å². The van der Waals surface area contributed by atoms with E-state index in [1.54, 1.807) is 6.07 Å². The smallest absolute Gasteiger partial charge is 0.142 e. The van der Waals surface area contributed by atoms with Crippen LogP contribution in [0.5, 0.6) is 0 Å². The number of nitrogens with zero attached hydrogens (tertiary/aromatic N) is 4. The van der Waals surface area contributed by atoms with Gasteiger partial charge in [-0.1, -0.05) is 43.5 Å². The Morgan fingerprint density at radius 3 is 2.67 bits per heavy atom. The lowest BCUT2D eigenvalue weighted by atomic mass is 9.93. The van der Waals surface area contributed by atoms with E-state index >= 15 is 0 Å². The summed E-state index contributed by atoms with van der Waals surface area (Å²) in [5.41, 5.74) is 2.27. The van der Waals surface area contributed by atoms with Crippen LogP contribution in [0.4, 0.5) is 17.3 Å². The first kappa shape index (κ1) is 18.8. The zero-order valence-corrected chi connectivity index (χ0v) is 17.7. The second-order valence-corrected chi connectivity index (χ2v) is 8.41. The number of halogens is 2. The summed E-state index contributed by atoms with van der Waals surface area (Å²) < 4.78 is 0. The molecule has 0 saturated heterocycles. The Hall–Kier alpha value is -1.52. The molecule has 2 aliphatic rings. The third-order valence-electron chi connectivity index (χ3n) is 5.81. The number of rotatable bonds is 5. The van der Waals surface area contributed by atoms with Crippen LogP contribution in [-0.4, -0.2) is 29.1 Å². The Morgan fingerprint density at radius 2 is 1.96 bits per heavy atom. The highest BCUT2D eigenvalue weighted by molar-refractivity contribution is 6.36. The summed E-state index contributed by atoms with van der Waals surface area (Å²) in [5, 5.41) is 1.32. The summed E-state index contributed by atoms with van der Waals surface area (Å²) in [5.74, 6) is 3.43. The molecule has 27 heavy (non-hydrogen) atoms. The lowest BCUT2D eigenvalue weighted by molar-refractivity contribution is 0.485. The van der Waals surface area contributed by atoms with E-state index in [0.29, 0.717) is 22.0 Å². The average Bonchev–Trinajstić information content (AvgIpc) is 2.99. The SMILES string of the molecule is CCCC(CC)N1CCC2CN(c3ccc(Cl)cc3Cl)c3nc(C)nc1c32. The largest absolute Gasteiger partial charge is 0.353 e. The molecule has 2 unspecified atom stereocenters. The fraction of sp³-hybridized carbons (Fsp3) is 0.524. The Balaban J connectivity index is 1.80. The van der Waals surface area contributed by atoms with Gasteiger partial charge in [-0.05, 0) is 44.4 Å². The third kappa shape index (κ3) is 3.27. The van der Waals surface area contributed by atoms with Gasteiger partial charge in [-0.2, -0.15) is 0 Å². The van der Waals surface area contributed by atoms with Gasteiger partial charge in [0.05, 0.1) is 10.7 Å². The van der Waals surface area contributed by atoms with Gasteiger partial charge in [0.25, 0.3) is 0 Å². The summed E-state index contributed by atoms with van der Waals surface area (Å²) in [6.45, 7) is 8.49. The van der Waals surface area contributed by atoms with Gasteiger partial charge in [-0.25, -0.2) is 9.97 Å². The van der Waals surface area contributed by atoms with Crippen molar-refractivity contribution in [2.45, 2.75) is 58.4 Å². The summed E-state index contributed by atoms with van der Waals surface area (Å²) in [6, 6.07) is 6.24. The minimum absolute atomic E-state index is 0.456. The molecule has 4 nitrogen and oxygen atoms in total. The highest BCUT2D eigenvalue weighted by Crippen LogP contribution is 2.49. The van der Waals surface area contributed by atoms with Crippen molar-refractivity contribution in [1.29, 1.82) is 0 Å². The average molecular weight is 405 g/mol. The molecule has 144 valence electrons. The number of anilines is 3. The highest BCUT2D eigenvalue weighted by atomic mass is 35.5. The number of hydrogen-bond donors (Lipinski definition) is 0. The van der Waals surface area contributed by atoms with E-state index in [4.69, 9.17) is 33.2 Å². The summed E-state index contributed by atoms with van der Waals surface area (Å²) >= 11 is 12.6. The molecule has 0 N–H and O–H groups in total. The van der Waals surface area contributed by atoms with Crippen LogP contribution >= 0.6 is 23.2 Å². The van der Waals surface area contributed by atoms with Crippen LogP contribution < -0.4 is 9.80 Å². The summed E-state index contributed by atoms with van der Waals surface area (Å²) in [6.07, 6.45) is 4.67. The molecular formula is C21H26Cl2N4. The molecule has 2 atom stereocenters.